The molecule has 0 saturated heterocycles. The summed E-state index contributed by atoms with van der Waals surface area (Å²) in [6.45, 7) is 31.0. The lowest BCUT2D eigenvalue weighted by molar-refractivity contribution is 0.0753. The molecular weight excluding hydrogens is 785 g/mol. The van der Waals surface area contributed by atoms with Crippen molar-refractivity contribution in [2.45, 2.75) is 77.9 Å². The lowest BCUT2D eigenvalue weighted by Gasteiger charge is -2.43. The van der Waals surface area contributed by atoms with Crippen LogP contribution in [0.1, 0.15) is 88.1 Å². The molecule has 61 heavy (non-hydrogen) atoms. The number of nitrogens with zero attached hydrogens (tertiary/aromatic N) is 4. The van der Waals surface area contributed by atoms with Crippen molar-refractivity contribution in [3.05, 3.63) is 194 Å². The summed E-state index contributed by atoms with van der Waals surface area (Å²) in [5.41, 5.74) is 2.49. The molecule has 308 valence electrons. The molecule has 1 aliphatic rings. The largest absolute Gasteiger partial charge is 0.534 e. The van der Waals surface area contributed by atoms with E-state index in [9.17, 15) is 5.26 Å². The SMILES string of the molecule is [C-]#[N+]C1=C(/C=C/c2ccc(/C=C/c3ccc(N(CCCC)CCCC)cc3O[Si](c3ccccc3)(c3ccccc3)C(C)(C)C)s2)C(C)(c2ccccc2)O/C1=C(\C#N)[N+]#[C-]. The summed E-state index contributed by atoms with van der Waals surface area (Å²) in [4.78, 5) is 11.7. The first-order valence-corrected chi connectivity index (χ1v) is 23.8. The van der Waals surface area contributed by atoms with Crippen molar-refractivity contribution in [1.82, 2.24) is 0 Å². The van der Waals surface area contributed by atoms with Gasteiger partial charge in [-0.2, -0.15) is 0 Å². The Balaban J connectivity index is 1.42. The summed E-state index contributed by atoms with van der Waals surface area (Å²) >= 11 is 1.63. The number of anilines is 1. The van der Waals surface area contributed by atoms with E-state index in [0.717, 1.165) is 65.4 Å². The molecule has 0 amide bonds. The Kier molecular flexibility index (Phi) is 14.3. The normalized spacial score (nSPS) is 16.2. The zero-order chi connectivity index (χ0) is 43.5. The van der Waals surface area contributed by atoms with Gasteiger partial charge in [-0.05, 0) is 83.2 Å². The Labute approximate surface area is 368 Å². The second-order valence-electron chi connectivity index (χ2n) is 16.4. The third-order valence-electron chi connectivity index (χ3n) is 11.3. The predicted molar refractivity (Wildman–Crippen MR) is 257 cm³/mol. The van der Waals surface area contributed by atoms with Crippen molar-refractivity contribution in [1.29, 1.82) is 5.26 Å². The van der Waals surface area contributed by atoms with Gasteiger partial charge in [0.1, 0.15) is 17.1 Å². The van der Waals surface area contributed by atoms with Crippen LogP contribution in [0.3, 0.4) is 0 Å². The highest BCUT2D eigenvalue weighted by molar-refractivity contribution is 7.13. The lowest BCUT2D eigenvalue weighted by Crippen LogP contribution is -2.68. The molecule has 1 atom stereocenters. The van der Waals surface area contributed by atoms with E-state index in [1.54, 1.807) is 11.3 Å². The Bertz CT molecular complexity index is 2480. The number of rotatable bonds is 16. The van der Waals surface area contributed by atoms with E-state index in [4.69, 9.17) is 22.3 Å². The van der Waals surface area contributed by atoms with E-state index in [1.165, 1.54) is 16.1 Å². The number of thiophene rings is 1. The van der Waals surface area contributed by atoms with Crippen LogP contribution in [0.2, 0.25) is 5.04 Å². The zero-order valence-electron chi connectivity index (χ0n) is 36.1. The molecule has 5 aromatic rings. The van der Waals surface area contributed by atoms with Gasteiger partial charge in [-0.15, -0.1) is 11.3 Å². The Morgan fingerprint density at radius 2 is 1.36 bits per heavy atom. The third-order valence-corrected chi connectivity index (χ3v) is 17.2. The maximum atomic E-state index is 9.72. The number of ether oxygens (including phenoxy) is 1. The number of unbranched alkanes of at least 4 members (excludes halogenated alkanes) is 2. The van der Waals surface area contributed by atoms with Crippen LogP contribution in [0.25, 0.3) is 27.9 Å². The maximum Gasteiger partial charge on any atom is 0.319 e. The standard InChI is InChI=1S/C53H54N4O2SSi/c1-9-11-36-57(37-12-10-2)42-30-28-40(49(38-42)59-61(52(3,4)5,45-24-18-14-19-25-45)46-26-20-15-21-27-46)29-31-43-32-33-44(60-43)34-35-47-50(56-8)51(48(39-54)55-7)58-53(47,6)41-22-16-13-17-23-41/h13-35,38H,9-12,36-37H2,1-6H3/b31-29+,35-34+,51-48+. The smallest absolute Gasteiger partial charge is 0.319 e. The number of nitriles is 1. The van der Waals surface area contributed by atoms with Gasteiger partial charge in [-0.3, -0.25) is 0 Å². The number of hydrogen-bond acceptors (Lipinski definition) is 5. The van der Waals surface area contributed by atoms with Gasteiger partial charge in [-0.25, -0.2) is 15.0 Å². The van der Waals surface area contributed by atoms with E-state index in [2.05, 4.69) is 152 Å². The van der Waals surface area contributed by atoms with Gasteiger partial charge >= 0.3 is 8.32 Å². The van der Waals surface area contributed by atoms with Crippen LogP contribution in [-0.4, -0.2) is 21.4 Å². The van der Waals surface area contributed by atoms with Gasteiger partial charge in [0.25, 0.3) is 5.70 Å². The van der Waals surface area contributed by atoms with Crippen molar-refractivity contribution in [3.63, 3.8) is 0 Å². The minimum Gasteiger partial charge on any atom is -0.534 e. The van der Waals surface area contributed by atoms with Crippen LogP contribution < -0.4 is 19.7 Å². The molecule has 4 aromatic carbocycles. The summed E-state index contributed by atoms with van der Waals surface area (Å²) in [7, 11) is -2.95. The fourth-order valence-corrected chi connectivity index (χ4v) is 13.2. The average molecular weight is 839 g/mol. The second-order valence-corrected chi connectivity index (χ2v) is 21.7. The van der Waals surface area contributed by atoms with Crippen molar-refractivity contribution >= 4 is 53.9 Å². The first-order valence-electron chi connectivity index (χ1n) is 21.1. The quantitative estimate of drug-likeness (QED) is 0.0564. The van der Waals surface area contributed by atoms with Crippen molar-refractivity contribution in [3.8, 4) is 11.8 Å². The van der Waals surface area contributed by atoms with Gasteiger partial charge in [0.2, 0.25) is 5.70 Å². The number of allylic oxidation sites excluding steroid dienone is 1. The van der Waals surface area contributed by atoms with E-state index < -0.39 is 13.9 Å². The highest BCUT2D eigenvalue weighted by Crippen LogP contribution is 2.48. The van der Waals surface area contributed by atoms with Crippen LogP contribution in [0.4, 0.5) is 5.69 Å². The third kappa shape index (κ3) is 9.51. The van der Waals surface area contributed by atoms with Crippen molar-refractivity contribution in [2.24, 2.45) is 0 Å². The highest BCUT2D eigenvalue weighted by Gasteiger charge is 2.52. The topological polar surface area (TPSA) is 54.2 Å². The van der Waals surface area contributed by atoms with Gasteiger partial charge in [0.15, 0.2) is 0 Å². The molecular formula is C53H54N4O2SSi. The molecule has 2 heterocycles. The van der Waals surface area contributed by atoms with Crippen LogP contribution in [0.5, 0.6) is 5.75 Å². The van der Waals surface area contributed by atoms with Crippen LogP contribution in [0, 0.1) is 24.5 Å². The van der Waals surface area contributed by atoms with E-state index in [-0.39, 0.29) is 22.2 Å². The molecule has 0 saturated carbocycles. The first kappa shape index (κ1) is 44.2. The van der Waals surface area contributed by atoms with Gasteiger partial charge in [-0.1, -0.05) is 145 Å². The van der Waals surface area contributed by atoms with E-state index in [1.807, 2.05) is 55.5 Å². The summed E-state index contributed by atoms with van der Waals surface area (Å²) < 4.78 is 14.1. The molecule has 6 nitrogen and oxygen atoms in total. The van der Waals surface area contributed by atoms with E-state index >= 15 is 0 Å². The second kappa shape index (κ2) is 19.8. The van der Waals surface area contributed by atoms with Gasteiger partial charge in [0.05, 0.1) is 19.2 Å². The fraction of sp³-hybridized carbons (Fsp3) is 0.264. The van der Waals surface area contributed by atoms with Crippen molar-refractivity contribution in [2.75, 3.05) is 18.0 Å². The fourth-order valence-electron chi connectivity index (χ4n) is 7.98. The monoisotopic (exact) mass is 838 g/mol. The predicted octanol–water partition coefficient (Wildman–Crippen LogP) is 13.1. The van der Waals surface area contributed by atoms with Gasteiger partial charge < -0.3 is 14.1 Å². The molecule has 0 radical (unpaired) electrons. The average Bonchev–Trinajstić information content (AvgIpc) is 3.86. The first-order chi connectivity index (χ1) is 29.5. The highest BCUT2D eigenvalue weighted by atomic mass is 32.1. The Morgan fingerprint density at radius 1 is 0.803 bits per heavy atom. The molecule has 0 fully saturated rings. The maximum absolute atomic E-state index is 9.72. The summed E-state index contributed by atoms with van der Waals surface area (Å²) in [5.74, 6) is 0.895. The Morgan fingerprint density at radius 3 is 1.87 bits per heavy atom. The van der Waals surface area contributed by atoms with Gasteiger partial charge in [0, 0.05) is 45.7 Å². The molecule has 0 N–H and O–H groups in total. The van der Waals surface area contributed by atoms with Crippen LogP contribution >= 0.6 is 11.3 Å². The Hall–Kier alpha value is -6.37. The molecule has 1 unspecified atom stereocenters. The molecule has 0 aliphatic carbocycles. The molecule has 6 rings (SSSR count). The molecule has 0 spiro atoms. The minimum absolute atomic E-state index is 0.0225. The number of hydrogen-bond donors (Lipinski definition) is 0. The van der Waals surface area contributed by atoms with Crippen LogP contribution in [-0.2, 0) is 10.3 Å². The molecule has 1 aromatic heterocycles. The minimum atomic E-state index is -2.95. The summed E-state index contributed by atoms with van der Waals surface area (Å²) in [5, 5.41) is 12.0. The number of benzene rings is 4. The summed E-state index contributed by atoms with van der Waals surface area (Å²) in [6, 6.07) is 44.0. The lowest BCUT2D eigenvalue weighted by atomic mass is 9.87. The molecule has 1 aliphatic heterocycles. The summed E-state index contributed by atoms with van der Waals surface area (Å²) in [6.07, 6.45) is 12.7. The van der Waals surface area contributed by atoms with Crippen molar-refractivity contribution < 1.29 is 9.16 Å². The molecule has 0 bridgehead atoms. The molecule has 8 heteroatoms. The van der Waals surface area contributed by atoms with E-state index in [0.29, 0.717) is 5.57 Å². The zero-order valence-corrected chi connectivity index (χ0v) is 37.9. The van der Waals surface area contributed by atoms with Crippen LogP contribution in [0.15, 0.2) is 150 Å².